The van der Waals surface area contributed by atoms with Crippen molar-refractivity contribution in [2.24, 2.45) is 5.92 Å². The van der Waals surface area contributed by atoms with Crippen molar-refractivity contribution < 1.29 is 19.0 Å². The lowest BCUT2D eigenvalue weighted by Gasteiger charge is -2.44. The molecule has 0 saturated carbocycles. The highest BCUT2D eigenvalue weighted by molar-refractivity contribution is 5.80. The smallest absolute Gasteiger partial charge is 0.249 e. The normalized spacial score (nSPS) is 23.5. The molecule has 0 aromatic heterocycles. The monoisotopic (exact) mass is 384 g/mol. The molecule has 0 radical (unpaired) electrons. The molecule has 6 heteroatoms. The van der Waals surface area contributed by atoms with Crippen LogP contribution in [0, 0.1) is 11.7 Å². The summed E-state index contributed by atoms with van der Waals surface area (Å²) in [6.45, 7) is 0.725. The second kappa shape index (κ2) is 7.53. The Balaban J connectivity index is 1.81. The molecule has 1 amide bonds. The minimum absolute atomic E-state index is 0.0368. The highest BCUT2D eigenvalue weighted by atomic mass is 19.1. The van der Waals surface area contributed by atoms with Crippen molar-refractivity contribution in [2.75, 3.05) is 38.8 Å². The van der Waals surface area contributed by atoms with Gasteiger partial charge in [-0.15, -0.1) is 0 Å². The number of halogens is 1. The minimum Gasteiger partial charge on any atom is -0.394 e. The molecule has 2 aromatic rings. The average Bonchev–Trinajstić information content (AvgIpc) is 3.13. The molecule has 148 valence electrons. The fourth-order valence-electron chi connectivity index (χ4n) is 4.79. The largest absolute Gasteiger partial charge is 0.394 e. The third kappa shape index (κ3) is 3.06. The lowest BCUT2D eigenvalue weighted by molar-refractivity contribution is -0.136. The molecule has 2 heterocycles. The Morgan fingerprint density at radius 1 is 1.25 bits per heavy atom. The number of carbonyl (C=O) groups is 1. The molecule has 0 unspecified atom stereocenters. The number of fused-ring (bicyclic) bond motifs is 3. The summed E-state index contributed by atoms with van der Waals surface area (Å²) in [6, 6.07) is 12.4. The molecule has 1 N–H and O–H groups in total. The summed E-state index contributed by atoms with van der Waals surface area (Å²) >= 11 is 0. The van der Waals surface area contributed by atoms with E-state index in [9.17, 15) is 14.3 Å². The molecule has 0 aliphatic carbocycles. The molecule has 0 bridgehead atoms. The number of ether oxygens (including phenoxy) is 1. The number of aliphatic hydroxyl groups excluding tert-OH is 1. The molecule has 2 aliphatic heterocycles. The topological polar surface area (TPSA) is 53.0 Å². The van der Waals surface area contributed by atoms with Crippen LogP contribution in [0.2, 0.25) is 0 Å². The van der Waals surface area contributed by atoms with Crippen LogP contribution in [0.3, 0.4) is 0 Å². The molecule has 4 rings (SSSR count). The first-order valence-corrected chi connectivity index (χ1v) is 9.57. The fourth-order valence-corrected chi connectivity index (χ4v) is 4.79. The summed E-state index contributed by atoms with van der Waals surface area (Å²) in [6.07, 6.45) is 0.833. The van der Waals surface area contributed by atoms with Gasteiger partial charge in [-0.3, -0.25) is 4.79 Å². The summed E-state index contributed by atoms with van der Waals surface area (Å²) in [5.74, 6) is -0.173. The number of nitrogens with zero attached hydrogens (tertiary/aromatic N) is 2. The van der Waals surface area contributed by atoms with E-state index in [-0.39, 0.29) is 42.9 Å². The van der Waals surface area contributed by atoms with Crippen LogP contribution in [-0.2, 0) is 9.53 Å². The van der Waals surface area contributed by atoms with Crippen LogP contribution in [0.4, 0.5) is 10.1 Å². The maximum atomic E-state index is 13.7. The van der Waals surface area contributed by atoms with E-state index in [4.69, 9.17) is 4.74 Å². The van der Waals surface area contributed by atoms with Gasteiger partial charge in [-0.1, -0.05) is 18.2 Å². The van der Waals surface area contributed by atoms with Crippen LogP contribution in [0.1, 0.15) is 18.0 Å². The molecular formula is C22H25FN2O3. The standard InChI is InChI=1S/C22H25FN2O3/c1-24-19-7-6-15(14-4-3-5-16(23)10-14)11-18(19)22-17(20(24)12-26)8-9-25(22)21(27)13-28-2/h3-7,10-11,17,20,22,26H,8-9,12-13H2,1-2H3/t17-,20+,22-/m0/s1. The molecule has 1 saturated heterocycles. The molecule has 1 fully saturated rings. The third-order valence-electron chi connectivity index (χ3n) is 6.10. The van der Waals surface area contributed by atoms with E-state index >= 15 is 0 Å². The predicted molar refractivity (Wildman–Crippen MR) is 106 cm³/mol. The summed E-state index contributed by atoms with van der Waals surface area (Å²) < 4.78 is 18.8. The molecule has 3 atom stereocenters. The summed E-state index contributed by atoms with van der Waals surface area (Å²) in [7, 11) is 3.50. The van der Waals surface area contributed by atoms with Crippen molar-refractivity contribution in [3.63, 3.8) is 0 Å². The Morgan fingerprint density at radius 2 is 2.04 bits per heavy atom. The number of hydrogen-bond acceptors (Lipinski definition) is 4. The van der Waals surface area contributed by atoms with Crippen LogP contribution in [0.15, 0.2) is 42.5 Å². The van der Waals surface area contributed by atoms with Crippen molar-refractivity contribution in [1.29, 1.82) is 0 Å². The fraction of sp³-hybridized carbons (Fsp3) is 0.409. The lowest BCUT2D eigenvalue weighted by atomic mass is 9.81. The predicted octanol–water partition coefficient (Wildman–Crippen LogP) is 2.84. The first-order chi connectivity index (χ1) is 13.5. The van der Waals surface area contributed by atoms with Gasteiger partial charge < -0.3 is 19.6 Å². The number of likely N-dealkylation sites (N-methyl/N-ethyl adjacent to an activating group) is 1. The van der Waals surface area contributed by atoms with E-state index < -0.39 is 0 Å². The first-order valence-electron chi connectivity index (χ1n) is 9.57. The van der Waals surface area contributed by atoms with Crippen LogP contribution < -0.4 is 4.90 Å². The third-order valence-corrected chi connectivity index (χ3v) is 6.10. The molecule has 2 aromatic carbocycles. The van der Waals surface area contributed by atoms with Gasteiger partial charge in [0.2, 0.25) is 5.91 Å². The highest BCUT2D eigenvalue weighted by Crippen LogP contribution is 2.49. The second-order valence-corrected chi connectivity index (χ2v) is 7.56. The van der Waals surface area contributed by atoms with E-state index in [1.165, 1.54) is 19.2 Å². The molecule has 2 aliphatic rings. The van der Waals surface area contributed by atoms with Gasteiger partial charge in [-0.2, -0.15) is 0 Å². The van der Waals surface area contributed by atoms with Crippen LogP contribution in [0.5, 0.6) is 0 Å². The van der Waals surface area contributed by atoms with Gasteiger partial charge in [-0.05, 0) is 47.4 Å². The zero-order valence-electron chi connectivity index (χ0n) is 16.1. The maximum absolute atomic E-state index is 13.7. The second-order valence-electron chi connectivity index (χ2n) is 7.56. The quantitative estimate of drug-likeness (QED) is 0.881. The Hall–Kier alpha value is -2.44. The van der Waals surface area contributed by atoms with Gasteiger partial charge in [0.1, 0.15) is 12.4 Å². The van der Waals surface area contributed by atoms with Crippen molar-refractivity contribution in [1.82, 2.24) is 4.90 Å². The number of aliphatic hydroxyl groups is 1. The first kappa shape index (κ1) is 18.9. The number of anilines is 1. The number of methoxy groups -OCH3 is 1. The SMILES string of the molecule is COCC(=O)N1CC[C@@H]2[C@H]1c1cc(-c3cccc(F)c3)ccc1N(C)[C@@H]2CO. The lowest BCUT2D eigenvalue weighted by Crippen LogP contribution is -2.48. The van der Waals surface area contributed by atoms with Gasteiger partial charge >= 0.3 is 0 Å². The Kier molecular flexibility index (Phi) is 5.08. The van der Waals surface area contributed by atoms with Gasteiger partial charge in [-0.25, -0.2) is 4.39 Å². The van der Waals surface area contributed by atoms with Gasteiger partial charge in [0.05, 0.1) is 18.7 Å². The van der Waals surface area contributed by atoms with Gasteiger partial charge in [0, 0.05) is 32.3 Å². The van der Waals surface area contributed by atoms with E-state index in [1.807, 2.05) is 30.1 Å². The average molecular weight is 384 g/mol. The Labute approximate surface area is 164 Å². The number of hydrogen-bond donors (Lipinski definition) is 1. The summed E-state index contributed by atoms with van der Waals surface area (Å²) in [5.41, 5.74) is 3.76. The maximum Gasteiger partial charge on any atom is 0.249 e. The van der Waals surface area contributed by atoms with Gasteiger partial charge in [0.15, 0.2) is 0 Å². The summed E-state index contributed by atoms with van der Waals surface area (Å²) in [5, 5.41) is 10.0. The van der Waals surface area contributed by atoms with Crippen LogP contribution >= 0.6 is 0 Å². The molecule has 28 heavy (non-hydrogen) atoms. The van der Waals surface area contributed by atoms with Crippen molar-refractivity contribution in [3.8, 4) is 11.1 Å². The number of benzene rings is 2. The highest BCUT2D eigenvalue weighted by Gasteiger charge is 2.47. The molecule has 0 spiro atoms. The van der Waals surface area contributed by atoms with E-state index in [0.29, 0.717) is 6.54 Å². The van der Waals surface area contributed by atoms with E-state index in [2.05, 4.69) is 11.0 Å². The minimum atomic E-state index is -0.275. The van der Waals surface area contributed by atoms with E-state index in [1.54, 1.807) is 6.07 Å². The number of likely N-dealkylation sites (tertiary alicyclic amines) is 1. The zero-order chi connectivity index (χ0) is 19.8. The number of rotatable bonds is 4. The van der Waals surface area contributed by atoms with Crippen LogP contribution in [-0.4, -0.2) is 55.9 Å². The van der Waals surface area contributed by atoms with Gasteiger partial charge in [0.25, 0.3) is 0 Å². The van der Waals surface area contributed by atoms with Crippen molar-refractivity contribution >= 4 is 11.6 Å². The Morgan fingerprint density at radius 3 is 2.75 bits per heavy atom. The van der Waals surface area contributed by atoms with E-state index in [0.717, 1.165) is 28.8 Å². The number of carbonyl (C=O) groups excluding carboxylic acids is 1. The Bertz CT molecular complexity index is 888. The van der Waals surface area contributed by atoms with Crippen molar-refractivity contribution in [2.45, 2.75) is 18.5 Å². The zero-order valence-corrected chi connectivity index (χ0v) is 16.1. The number of amides is 1. The molecule has 5 nitrogen and oxygen atoms in total. The molecular weight excluding hydrogens is 359 g/mol. The van der Waals surface area contributed by atoms with Crippen molar-refractivity contribution in [3.05, 3.63) is 53.8 Å². The summed E-state index contributed by atoms with van der Waals surface area (Å²) in [4.78, 5) is 16.6. The van der Waals surface area contributed by atoms with Crippen LogP contribution in [0.25, 0.3) is 11.1 Å².